The first-order chi connectivity index (χ1) is 6.86. The molecule has 0 atom stereocenters. The summed E-state index contributed by atoms with van der Waals surface area (Å²) in [7, 11) is 1.70. The summed E-state index contributed by atoms with van der Waals surface area (Å²) >= 11 is 0. The number of hydrogen-bond donors (Lipinski definition) is 0. The van der Waals surface area contributed by atoms with Crippen LogP contribution >= 0.6 is 0 Å². The maximum Gasteiger partial charge on any atom is 0.119 e. The zero-order valence-electron chi connectivity index (χ0n) is 8.95. The standard InChI is InChI=1S/C12H18O2/c1-3-4-9-14-12-7-5-11(6-8-12)10-13-2/h5-8H,3-4,9-10H2,1-2H3. The largest absolute Gasteiger partial charge is 0.494 e. The summed E-state index contributed by atoms with van der Waals surface area (Å²) in [6, 6.07) is 8.05. The van der Waals surface area contributed by atoms with Gasteiger partial charge in [0.2, 0.25) is 0 Å². The van der Waals surface area contributed by atoms with Crippen molar-refractivity contribution in [3.63, 3.8) is 0 Å². The molecule has 0 fully saturated rings. The second-order valence-electron chi connectivity index (χ2n) is 3.28. The van der Waals surface area contributed by atoms with Crippen LogP contribution in [0.25, 0.3) is 0 Å². The van der Waals surface area contributed by atoms with Gasteiger partial charge in [-0.3, -0.25) is 0 Å². The Morgan fingerprint density at radius 1 is 1.14 bits per heavy atom. The molecule has 0 heterocycles. The second-order valence-corrected chi connectivity index (χ2v) is 3.28. The summed E-state index contributed by atoms with van der Waals surface area (Å²) < 4.78 is 10.6. The average Bonchev–Trinajstić information content (AvgIpc) is 2.21. The van der Waals surface area contributed by atoms with Gasteiger partial charge in [-0.2, -0.15) is 0 Å². The van der Waals surface area contributed by atoms with E-state index in [4.69, 9.17) is 9.47 Å². The number of benzene rings is 1. The van der Waals surface area contributed by atoms with E-state index in [1.54, 1.807) is 7.11 Å². The maximum atomic E-state index is 5.54. The van der Waals surface area contributed by atoms with Crippen LogP contribution in [-0.4, -0.2) is 13.7 Å². The third-order valence-electron chi connectivity index (χ3n) is 2.00. The zero-order valence-corrected chi connectivity index (χ0v) is 8.95. The number of ether oxygens (including phenoxy) is 2. The summed E-state index contributed by atoms with van der Waals surface area (Å²) in [6.07, 6.45) is 2.28. The van der Waals surface area contributed by atoms with E-state index in [0.29, 0.717) is 6.61 Å². The van der Waals surface area contributed by atoms with Crippen LogP contribution in [0.2, 0.25) is 0 Å². The van der Waals surface area contributed by atoms with Gasteiger partial charge < -0.3 is 9.47 Å². The van der Waals surface area contributed by atoms with E-state index >= 15 is 0 Å². The third-order valence-corrected chi connectivity index (χ3v) is 2.00. The maximum absolute atomic E-state index is 5.54. The van der Waals surface area contributed by atoms with Crippen LogP contribution in [0.1, 0.15) is 25.3 Å². The lowest BCUT2D eigenvalue weighted by atomic mass is 10.2. The minimum atomic E-state index is 0.662. The fourth-order valence-corrected chi connectivity index (χ4v) is 1.18. The number of unbranched alkanes of at least 4 members (excludes halogenated alkanes) is 1. The van der Waals surface area contributed by atoms with E-state index in [0.717, 1.165) is 18.8 Å². The highest BCUT2D eigenvalue weighted by Gasteiger charge is 1.94. The summed E-state index contributed by atoms with van der Waals surface area (Å²) in [5.74, 6) is 0.943. The molecule has 2 nitrogen and oxygen atoms in total. The Hall–Kier alpha value is -1.02. The predicted octanol–water partition coefficient (Wildman–Crippen LogP) is 3.01. The minimum Gasteiger partial charge on any atom is -0.494 e. The lowest BCUT2D eigenvalue weighted by Gasteiger charge is -2.05. The monoisotopic (exact) mass is 194 g/mol. The molecule has 2 heteroatoms. The van der Waals surface area contributed by atoms with E-state index in [9.17, 15) is 0 Å². The molecular weight excluding hydrogens is 176 g/mol. The Balaban J connectivity index is 2.38. The van der Waals surface area contributed by atoms with Gasteiger partial charge in [-0.1, -0.05) is 25.5 Å². The molecule has 0 saturated heterocycles. The molecular formula is C12H18O2. The molecule has 0 N–H and O–H groups in total. The SMILES string of the molecule is CCCCOc1ccc(COC)cc1. The van der Waals surface area contributed by atoms with Gasteiger partial charge in [-0.15, -0.1) is 0 Å². The highest BCUT2D eigenvalue weighted by Crippen LogP contribution is 2.12. The molecule has 78 valence electrons. The first-order valence-corrected chi connectivity index (χ1v) is 5.07. The van der Waals surface area contributed by atoms with Gasteiger partial charge in [0.15, 0.2) is 0 Å². The van der Waals surface area contributed by atoms with E-state index in [2.05, 4.69) is 6.92 Å². The lowest BCUT2D eigenvalue weighted by molar-refractivity contribution is 0.185. The molecule has 0 unspecified atom stereocenters. The fraction of sp³-hybridized carbons (Fsp3) is 0.500. The Morgan fingerprint density at radius 3 is 2.43 bits per heavy atom. The molecule has 0 aliphatic carbocycles. The van der Waals surface area contributed by atoms with Gasteiger partial charge in [0.1, 0.15) is 5.75 Å². The molecule has 1 aromatic rings. The Bertz CT molecular complexity index is 241. The summed E-state index contributed by atoms with van der Waals surface area (Å²) in [6.45, 7) is 3.63. The first-order valence-electron chi connectivity index (χ1n) is 5.07. The van der Waals surface area contributed by atoms with Crippen LogP contribution in [-0.2, 0) is 11.3 Å². The predicted molar refractivity (Wildman–Crippen MR) is 57.6 cm³/mol. The second kappa shape index (κ2) is 6.44. The van der Waals surface area contributed by atoms with Gasteiger partial charge in [-0.05, 0) is 24.1 Å². The minimum absolute atomic E-state index is 0.662. The zero-order chi connectivity index (χ0) is 10.2. The van der Waals surface area contributed by atoms with Gasteiger partial charge in [0, 0.05) is 7.11 Å². The van der Waals surface area contributed by atoms with Gasteiger partial charge in [0.05, 0.1) is 13.2 Å². The number of hydrogen-bond acceptors (Lipinski definition) is 2. The molecule has 0 saturated carbocycles. The van der Waals surface area contributed by atoms with Crippen molar-refractivity contribution in [2.45, 2.75) is 26.4 Å². The first kappa shape index (κ1) is 11.1. The van der Waals surface area contributed by atoms with Gasteiger partial charge >= 0.3 is 0 Å². The molecule has 0 aromatic heterocycles. The average molecular weight is 194 g/mol. The summed E-state index contributed by atoms with van der Waals surface area (Å²) in [5, 5.41) is 0. The van der Waals surface area contributed by atoms with Crippen LogP contribution in [0.3, 0.4) is 0 Å². The van der Waals surface area contributed by atoms with E-state index in [1.807, 2.05) is 24.3 Å². The quantitative estimate of drug-likeness (QED) is 0.648. The van der Waals surface area contributed by atoms with Crippen molar-refractivity contribution >= 4 is 0 Å². The van der Waals surface area contributed by atoms with Gasteiger partial charge in [-0.25, -0.2) is 0 Å². The van der Waals surface area contributed by atoms with Crippen LogP contribution in [0.5, 0.6) is 5.75 Å². The Morgan fingerprint density at radius 2 is 1.86 bits per heavy atom. The topological polar surface area (TPSA) is 18.5 Å². The Kier molecular flexibility index (Phi) is 5.08. The normalized spacial score (nSPS) is 10.1. The number of methoxy groups -OCH3 is 1. The molecule has 1 rings (SSSR count). The third kappa shape index (κ3) is 3.79. The highest BCUT2D eigenvalue weighted by molar-refractivity contribution is 5.26. The number of rotatable bonds is 6. The molecule has 0 spiro atoms. The van der Waals surface area contributed by atoms with Crippen LogP contribution < -0.4 is 4.74 Å². The molecule has 14 heavy (non-hydrogen) atoms. The lowest BCUT2D eigenvalue weighted by Crippen LogP contribution is -1.96. The van der Waals surface area contributed by atoms with E-state index in [-0.39, 0.29) is 0 Å². The van der Waals surface area contributed by atoms with Crippen molar-refractivity contribution in [1.82, 2.24) is 0 Å². The van der Waals surface area contributed by atoms with Crippen molar-refractivity contribution in [1.29, 1.82) is 0 Å². The molecule has 0 aliphatic rings. The van der Waals surface area contributed by atoms with E-state index in [1.165, 1.54) is 12.0 Å². The highest BCUT2D eigenvalue weighted by atomic mass is 16.5. The van der Waals surface area contributed by atoms with Crippen molar-refractivity contribution in [2.24, 2.45) is 0 Å². The summed E-state index contributed by atoms with van der Waals surface area (Å²) in [5.41, 5.74) is 1.18. The smallest absolute Gasteiger partial charge is 0.119 e. The molecule has 0 bridgehead atoms. The molecule has 1 aromatic carbocycles. The van der Waals surface area contributed by atoms with E-state index < -0.39 is 0 Å². The molecule has 0 aliphatic heterocycles. The molecule has 0 radical (unpaired) electrons. The van der Waals surface area contributed by atoms with Crippen molar-refractivity contribution < 1.29 is 9.47 Å². The van der Waals surface area contributed by atoms with Gasteiger partial charge in [0.25, 0.3) is 0 Å². The van der Waals surface area contributed by atoms with Crippen molar-refractivity contribution in [3.8, 4) is 5.75 Å². The van der Waals surface area contributed by atoms with Crippen molar-refractivity contribution in [3.05, 3.63) is 29.8 Å². The van der Waals surface area contributed by atoms with Crippen LogP contribution in [0, 0.1) is 0 Å². The van der Waals surface area contributed by atoms with Crippen molar-refractivity contribution in [2.75, 3.05) is 13.7 Å². The Labute approximate surface area is 85.8 Å². The van der Waals surface area contributed by atoms with Crippen LogP contribution in [0.15, 0.2) is 24.3 Å². The van der Waals surface area contributed by atoms with Crippen LogP contribution in [0.4, 0.5) is 0 Å². The fourth-order valence-electron chi connectivity index (χ4n) is 1.18. The molecule has 0 amide bonds. The summed E-state index contributed by atoms with van der Waals surface area (Å²) in [4.78, 5) is 0.